The van der Waals surface area contributed by atoms with Gasteiger partial charge < -0.3 is 19.7 Å². The van der Waals surface area contributed by atoms with Crippen molar-refractivity contribution in [1.29, 1.82) is 0 Å². The molecule has 0 saturated heterocycles. The van der Waals surface area contributed by atoms with Crippen LogP contribution in [0.2, 0.25) is 0 Å². The number of carbonyl (C=O) groups excluding carboxylic acids is 1. The van der Waals surface area contributed by atoms with Crippen LogP contribution in [0, 0.1) is 0 Å². The zero-order chi connectivity index (χ0) is 15.1. The van der Waals surface area contributed by atoms with Crippen molar-refractivity contribution < 1.29 is 37.7 Å². The van der Waals surface area contributed by atoms with Gasteiger partial charge >= 0.3 is 12.0 Å². The number of aromatic nitrogens is 3. The van der Waals surface area contributed by atoms with E-state index in [1.165, 1.54) is 0 Å². The summed E-state index contributed by atoms with van der Waals surface area (Å²) in [5.74, 6) is -6.07. The molecule has 11 heteroatoms. The maximum Gasteiger partial charge on any atom is 0.458 e. The van der Waals surface area contributed by atoms with Gasteiger partial charge in [-0.05, 0) is 0 Å². The van der Waals surface area contributed by atoms with E-state index in [9.17, 15) is 28.2 Å². The number of aliphatic hydroxyl groups excluding tert-OH is 1. The second-order valence-corrected chi connectivity index (χ2v) is 3.53. The second kappa shape index (κ2) is 4.52. The molecule has 2 aromatic rings. The highest BCUT2D eigenvalue weighted by molar-refractivity contribution is 5.96. The minimum absolute atomic E-state index is 0.420. The largest absolute Gasteiger partial charge is 0.502 e. The van der Waals surface area contributed by atoms with E-state index in [4.69, 9.17) is 9.52 Å². The number of nitrogens with zero attached hydrogens (tertiary/aromatic N) is 3. The topological polar surface area (TPSA) is 122 Å². The molecule has 8 nitrogen and oxygen atoms in total. The fraction of sp³-hybridized carbons (Fsp3) is 0.222. The summed E-state index contributed by atoms with van der Waals surface area (Å²) in [5.41, 5.74) is 0. The van der Waals surface area contributed by atoms with Gasteiger partial charge in [-0.3, -0.25) is 4.79 Å². The summed E-state index contributed by atoms with van der Waals surface area (Å²) in [4.78, 5) is 14.0. The molecule has 0 radical (unpaired) electrons. The number of hydrogen-bond donors (Lipinski definition) is 3. The molecule has 2 rings (SSSR count). The lowest BCUT2D eigenvalue weighted by Gasteiger charge is -1.99. The van der Waals surface area contributed by atoms with Crippen molar-refractivity contribution in [3.63, 3.8) is 0 Å². The van der Waals surface area contributed by atoms with Crippen molar-refractivity contribution in [2.24, 2.45) is 0 Å². The van der Waals surface area contributed by atoms with Gasteiger partial charge in [0.05, 0.1) is 0 Å². The van der Waals surface area contributed by atoms with Crippen LogP contribution in [0.3, 0.4) is 0 Å². The van der Waals surface area contributed by atoms with Gasteiger partial charge in [0.25, 0.3) is 5.88 Å². The summed E-state index contributed by atoms with van der Waals surface area (Å²) >= 11 is 0. The third-order valence-electron chi connectivity index (χ3n) is 2.21. The van der Waals surface area contributed by atoms with Gasteiger partial charge in [-0.2, -0.15) is 17.9 Å². The molecule has 0 atom stereocenters. The molecule has 2 heterocycles. The molecular weight excluding hydrogens is 287 g/mol. The summed E-state index contributed by atoms with van der Waals surface area (Å²) in [7, 11) is 0. The maximum atomic E-state index is 12.2. The Labute approximate surface area is 107 Å². The molecular formula is C9H6F3N3O5. The number of hydrogen-bond acceptors (Lipinski definition) is 7. The van der Waals surface area contributed by atoms with Crippen LogP contribution >= 0.6 is 0 Å². The third-order valence-corrected chi connectivity index (χ3v) is 2.21. The maximum absolute atomic E-state index is 12.2. The fourth-order valence-electron chi connectivity index (χ4n) is 1.30. The molecule has 0 saturated carbocycles. The van der Waals surface area contributed by atoms with Crippen molar-refractivity contribution in [3.05, 3.63) is 17.9 Å². The SMILES string of the molecule is O=C(c1ncn(-c2oc(CO)c(O)c2O)n1)C(F)(F)F. The third kappa shape index (κ3) is 2.18. The van der Waals surface area contributed by atoms with Crippen LogP contribution in [0.4, 0.5) is 13.2 Å². The molecule has 0 spiro atoms. The Morgan fingerprint density at radius 2 is 2.00 bits per heavy atom. The first-order chi connectivity index (χ1) is 9.25. The lowest BCUT2D eigenvalue weighted by molar-refractivity contribution is -0.0891. The van der Waals surface area contributed by atoms with E-state index in [-0.39, 0.29) is 0 Å². The molecule has 0 bridgehead atoms. The molecule has 0 unspecified atom stereocenters. The number of alkyl halides is 3. The molecule has 0 amide bonds. The number of Topliss-reactive ketones (excluding diaryl/α,β-unsaturated/α-hetero) is 1. The predicted octanol–water partition coefficient (Wildman–Crippen LogP) is 0.509. The summed E-state index contributed by atoms with van der Waals surface area (Å²) < 4.78 is 41.8. The van der Waals surface area contributed by atoms with Gasteiger partial charge in [-0.15, -0.1) is 5.10 Å². The Kier molecular flexibility index (Phi) is 3.13. The van der Waals surface area contributed by atoms with Crippen LogP contribution in [-0.2, 0) is 6.61 Å². The highest BCUT2D eigenvalue weighted by Gasteiger charge is 2.42. The summed E-state index contributed by atoms with van der Waals surface area (Å²) in [6, 6.07) is 0. The number of rotatable bonds is 3. The minimum atomic E-state index is -5.14. The van der Waals surface area contributed by atoms with E-state index in [2.05, 4.69) is 10.1 Å². The van der Waals surface area contributed by atoms with Gasteiger partial charge in [0.1, 0.15) is 12.9 Å². The van der Waals surface area contributed by atoms with E-state index in [1.54, 1.807) is 0 Å². The molecule has 0 aliphatic rings. The van der Waals surface area contributed by atoms with Crippen LogP contribution in [0.15, 0.2) is 10.7 Å². The Morgan fingerprint density at radius 3 is 2.50 bits per heavy atom. The minimum Gasteiger partial charge on any atom is -0.502 e. The number of carbonyl (C=O) groups is 1. The number of halogens is 3. The van der Waals surface area contributed by atoms with Crippen LogP contribution in [-0.4, -0.2) is 42.0 Å². The molecule has 0 fully saturated rings. The Morgan fingerprint density at radius 1 is 1.35 bits per heavy atom. The van der Waals surface area contributed by atoms with E-state index in [1.807, 2.05) is 0 Å². The van der Waals surface area contributed by atoms with E-state index >= 15 is 0 Å². The van der Waals surface area contributed by atoms with Crippen molar-refractivity contribution in [3.8, 4) is 17.4 Å². The van der Waals surface area contributed by atoms with E-state index in [0.717, 1.165) is 0 Å². The fourth-order valence-corrected chi connectivity index (χ4v) is 1.30. The zero-order valence-electron chi connectivity index (χ0n) is 9.42. The molecule has 20 heavy (non-hydrogen) atoms. The summed E-state index contributed by atoms with van der Waals surface area (Å²) in [6.45, 7) is -0.761. The normalized spacial score (nSPS) is 11.8. The first-order valence-electron chi connectivity index (χ1n) is 4.93. The zero-order valence-corrected chi connectivity index (χ0v) is 9.42. The van der Waals surface area contributed by atoms with Crippen LogP contribution < -0.4 is 0 Å². The second-order valence-electron chi connectivity index (χ2n) is 3.53. The van der Waals surface area contributed by atoms with Crippen molar-refractivity contribution in [2.45, 2.75) is 12.8 Å². The van der Waals surface area contributed by atoms with Crippen molar-refractivity contribution >= 4 is 5.78 Å². The average molecular weight is 293 g/mol. The standard InChI is InChI=1S/C9H6F3N3O5/c10-9(11,12)6(19)7-13-2-15(14-7)8-5(18)4(17)3(1-16)20-8/h2,16-18H,1H2. The molecule has 108 valence electrons. The van der Waals surface area contributed by atoms with Gasteiger partial charge in [0.15, 0.2) is 5.76 Å². The molecule has 2 aromatic heterocycles. The molecule has 0 aliphatic carbocycles. The first-order valence-corrected chi connectivity index (χ1v) is 4.93. The van der Waals surface area contributed by atoms with Crippen LogP contribution in [0.25, 0.3) is 5.88 Å². The van der Waals surface area contributed by atoms with Gasteiger partial charge in [-0.1, -0.05) is 0 Å². The van der Waals surface area contributed by atoms with E-state index < -0.39 is 47.5 Å². The van der Waals surface area contributed by atoms with E-state index in [0.29, 0.717) is 11.0 Å². The van der Waals surface area contributed by atoms with Crippen LogP contribution in [0.5, 0.6) is 11.5 Å². The van der Waals surface area contributed by atoms with Crippen molar-refractivity contribution in [1.82, 2.24) is 14.8 Å². The summed E-state index contributed by atoms with van der Waals surface area (Å²) in [5, 5.41) is 30.7. The average Bonchev–Trinajstić information content (AvgIpc) is 2.95. The van der Waals surface area contributed by atoms with Crippen molar-refractivity contribution in [2.75, 3.05) is 0 Å². The Bertz CT molecular complexity index is 660. The predicted molar refractivity (Wildman–Crippen MR) is 53.3 cm³/mol. The monoisotopic (exact) mass is 293 g/mol. The number of ketones is 1. The highest BCUT2D eigenvalue weighted by Crippen LogP contribution is 2.37. The lowest BCUT2D eigenvalue weighted by Crippen LogP contribution is -2.24. The molecule has 3 N–H and O–H groups in total. The highest BCUT2D eigenvalue weighted by atomic mass is 19.4. The van der Waals surface area contributed by atoms with Gasteiger partial charge in [0.2, 0.25) is 17.3 Å². The quantitative estimate of drug-likeness (QED) is 0.705. The number of aliphatic hydroxyl groups is 1. The Hall–Kier alpha value is -2.56. The molecule has 0 aliphatic heterocycles. The number of aromatic hydroxyl groups is 2. The number of furan rings is 1. The molecule has 0 aromatic carbocycles. The van der Waals surface area contributed by atoms with Gasteiger partial charge in [-0.25, -0.2) is 4.98 Å². The van der Waals surface area contributed by atoms with Gasteiger partial charge in [0, 0.05) is 0 Å². The first kappa shape index (κ1) is 13.9. The van der Waals surface area contributed by atoms with Crippen LogP contribution in [0.1, 0.15) is 16.4 Å². The summed E-state index contributed by atoms with van der Waals surface area (Å²) in [6.07, 6.45) is -4.46. The smallest absolute Gasteiger partial charge is 0.458 e. The Balaban J connectivity index is 2.42. The lowest BCUT2D eigenvalue weighted by atomic mass is 10.4.